The van der Waals surface area contributed by atoms with Crippen LogP contribution in [0.4, 0.5) is 11.5 Å². The Morgan fingerprint density at radius 1 is 0.867 bits per heavy atom. The van der Waals surface area contributed by atoms with Crippen LogP contribution in [0.5, 0.6) is 0 Å². The van der Waals surface area contributed by atoms with Gasteiger partial charge in [0.05, 0.1) is 12.1 Å². The number of aromatic nitrogens is 1. The molecule has 0 N–H and O–H groups in total. The zero-order valence-electron chi connectivity index (χ0n) is 16.5. The Bertz CT molecular complexity index is 1150. The van der Waals surface area contributed by atoms with Gasteiger partial charge < -0.3 is 4.90 Å². The van der Waals surface area contributed by atoms with E-state index in [2.05, 4.69) is 34.1 Å². The molecule has 30 heavy (non-hydrogen) atoms. The van der Waals surface area contributed by atoms with Gasteiger partial charge in [-0.15, -0.1) is 0 Å². The van der Waals surface area contributed by atoms with Crippen LogP contribution >= 0.6 is 0 Å². The minimum atomic E-state index is -0.259. The number of fused-ring (bicyclic) bond motifs is 1. The Morgan fingerprint density at radius 3 is 2.47 bits per heavy atom. The lowest BCUT2D eigenvalue weighted by Gasteiger charge is -2.30. The van der Waals surface area contributed by atoms with E-state index in [0.29, 0.717) is 11.3 Å². The quantitative estimate of drug-likeness (QED) is 0.497. The molecule has 0 spiro atoms. The molecule has 0 bridgehead atoms. The minimum absolute atomic E-state index is 0.102. The summed E-state index contributed by atoms with van der Waals surface area (Å²) in [4.78, 5) is 33.6. The predicted molar refractivity (Wildman–Crippen MR) is 117 cm³/mol. The van der Waals surface area contributed by atoms with Crippen molar-refractivity contribution in [1.82, 2.24) is 4.98 Å². The molecule has 0 saturated carbocycles. The first kappa shape index (κ1) is 18.3. The van der Waals surface area contributed by atoms with Gasteiger partial charge in [-0.3, -0.25) is 9.59 Å². The van der Waals surface area contributed by atoms with Gasteiger partial charge in [-0.25, -0.2) is 9.88 Å². The summed E-state index contributed by atoms with van der Waals surface area (Å²) < 4.78 is 0. The van der Waals surface area contributed by atoms with Crippen molar-refractivity contribution in [2.45, 2.75) is 19.4 Å². The molecule has 148 valence electrons. The number of amides is 2. The molecule has 1 fully saturated rings. The monoisotopic (exact) mass is 395 g/mol. The Labute approximate surface area is 175 Å². The number of hydrogen-bond acceptors (Lipinski definition) is 4. The third-order valence-electron chi connectivity index (χ3n) is 5.66. The zero-order chi connectivity index (χ0) is 20.5. The van der Waals surface area contributed by atoms with Crippen molar-refractivity contribution in [1.29, 1.82) is 0 Å². The van der Waals surface area contributed by atoms with Crippen LogP contribution in [0.25, 0.3) is 6.08 Å². The number of pyridine rings is 1. The highest BCUT2D eigenvalue weighted by molar-refractivity contribution is 6.29. The molecule has 5 rings (SSSR count). The van der Waals surface area contributed by atoms with Crippen molar-refractivity contribution in [3.63, 3.8) is 0 Å². The van der Waals surface area contributed by atoms with Gasteiger partial charge in [-0.1, -0.05) is 42.5 Å². The second-order valence-corrected chi connectivity index (χ2v) is 7.57. The maximum atomic E-state index is 13.0. The number of carbonyl (C=O) groups excluding carboxylic acids is 2. The second-order valence-electron chi connectivity index (χ2n) is 7.57. The molecule has 2 amide bonds. The van der Waals surface area contributed by atoms with E-state index < -0.39 is 0 Å². The summed E-state index contributed by atoms with van der Waals surface area (Å²) in [6, 6.07) is 21.4. The highest BCUT2D eigenvalue weighted by Crippen LogP contribution is 2.31. The Morgan fingerprint density at radius 2 is 1.63 bits per heavy atom. The highest BCUT2D eigenvalue weighted by Gasteiger charge is 2.35. The van der Waals surface area contributed by atoms with E-state index in [1.54, 1.807) is 18.3 Å². The van der Waals surface area contributed by atoms with Crippen molar-refractivity contribution in [2.75, 3.05) is 16.3 Å². The first-order valence-electron chi connectivity index (χ1n) is 10.1. The molecule has 0 radical (unpaired) electrons. The van der Waals surface area contributed by atoms with Gasteiger partial charge >= 0.3 is 0 Å². The van der Waals surface area contributed by atoms with Crippen molar-refractivity contribution in [3.05, 3.63) is 95.2 Å². The standard InChI is InChI=1S/C25H21N3O2/c29-23-16-21(25(30)28(23)22-10-2-1-3-11-22)15-19-9-6-13-26-24(19)27-14-12-18-7-4-5-8-20(18)17-27/h1-11,13,15H,12,14,16-17H2/b21-15+. The lowest BCUT2D eigenvalue weighted by atomic mass is 9.99. The summed E-state index contributed by atoms with van der Waals surface area (Å²) in [6.45, 7) is 1.65. The molecule has 2 aromatic carbocycles. The van der Waals surface area contributed by atoms with Gasteiger partial charge in [0.25, 0.3) is 5.91 Å². The molecule has 5 heteroatoms. The Kier molecular flexibility index (Phi) is 4.64. The van der Waals surface area contributed by atoms with Crippen molar-refractivity contribution < 1.29 is 9.59 Å². The van der Waals surface area contributed by atoms with E-state index in [1.807, 2.05) is 36.4 Å². The van der Waals surface area contributed by atoms with Crippen LogP contribution in [0.2, 0.25) is 0 Å². The van der Waals surface area contributed by atoms with Crippen molar-refractivity contribution in [2.24, 2.45) is 0 Å². The van der Waals surface area contributed by atoms with Crippen LogP contribution < -0.4 is 9.80 Å². The summed E-state index contributed by atoms with van der Waals surface area (Å²) >= 11 is 0. The number of carbonyl (C=O) groups is 2. The van der Waals surface area contributed by atoms with E-state index in [-0.39, 0.29) is 18.2 Å². The molecule has 3 aromatic rings. The molecular formula is C25H21N3O2. The predicted octanol–water partition coefficient (Wildman–Crippen LogP) is 3.99. The fraction of sp³-hybridized carbons (Fsp3) is 0.160. The maximum absolute atomic E-state index is 13.0. The zero-order valence-corrected chi connectivity index (χ0v) is 16.5. The topological polar surface area (TPSA) is 53.5 Å². The minimum Gasteiger partial charge on any atom is -0.351 e. The Balaban J connectivity index is 1.46. The average molecular weight is 395 g/mol. The van der Waals surface area contributed by atoms with E-state index in [4.69, 9.17) is 0 Å². The molecule has 1 saturated heterocycles. The average Bonchev–Trinajstić information content (AvgIpc) is 3.07. The molecule has 0 aliphatic carbocycles. The van der Waals surface area contributed by atoms with Crippen LogP contribution in [-0.2, 0) is 22.6 Å². The van der Waals surface area contributed by atoms with Crippen LogP contribution in [0.1, 0.15) is 23.1 Å². The number of hydrogen-bond donors (Lipinski definition) is 0. The summed E-state index contributed by atoms with van der Waals surface area (Å²) in [7, 11) is 0. The third-order valence-corrected chi connectivity index (χ3v) is 5.66. The van der Waals surface area contributed by atoms with Crippen LogP contribution in [-0.4, -0.2) is 23.3 Å². The summed E-state index contributed by atoms with van der Waals surface area (Å²) in [5.74, 6) is 0.387. The SMILES string of the molecule is O=C1C/C(=C\c2cccnc2N2CCc3ccccc3C2)C(=O)N1c1ccccc1. The van der Waals surface area contributed by atoms with Gasteiger partial charge in [0.15, 0.2) is 0 Å². The van der Waals surface area contributed by atoms with E-state index in [0.717, 1.165) is 30.9 Å². The molecule has 2 aliphatic rings. The molecular weight excluding hydrogens is 374 g/mol. The van der Waals surface area contributed by atoms with Gasteiger partial charge in [-0.2, -0.15) is 0 Å². The third kappa shape index (κ3) is 3.28. The molecule has 1 aromatic heterocycles. The van der Waals surface area contributed by atoms with Gasteiger partial charge in [0, 0.05) is 30.4 Å². The lowest BCUT2D eigenvalue weighted by molar-refractivity contribution is -0.120. The van der Waals surface area contributed by atoms with E-state index in [1.165, 1.54) is 16.0 Å². The molecule has 2 aliphatic heterocycles. The fourth-order valence-corrected chi connectivity index (χ4v) is 4.18. The van der Waals surface area contributed by atoms with Crippen LogP contribution in [0.15, 0.2) is 78.5 Å². The summed E-state index contributed by atoms with van der Waals surface area (Å²) in [5, 5.41) is 0. The first-order chi connectivity index (χ1) is 14.7. The van der Waals surface area contributed by atoms with Gasteiger partial charge in [0.1, 0.15) is 5.82 Å². The number of rotatable bonds is 3. The molecule has 5 nitrogen and oxygen atoms in total. The van der Waals surface area contributed by atoms with Gasteiger partial charge in [-0.05, 0) is 47.9 Å². The number of benzene rings is 2. The summed E-state index contributed by atoms with van der Waals surface area (Å²) in [6.07, 6.45) is 4.66. The normalized spacial score (nSPS) is 17.5. The fourth-order valence-electron chi connectivity index (χ4n) is 4.18. The molecule has 0 unspecified atom stereocenters. The van der Waals surface area contributed by atoms with Crippen LogP contribution in [0, 0.1) is 0 Å². The first-order valence-corrected chi connectivity index (χ1v) is 10.1. The summed E-state index contributed by atoms with van der Waals surface area (Å²) in [5.41, 5.74) is 4.64. The molecule has 0 atom stereocenters. The Hall–Kier alpha value is -3.73. The second kappa shape index (κ2) is 7.59. The number of imide groups is 1. The number of nitrogens with zero attached hydrogens (tertiary/aromatic N) is 3. The van der Waals surface area contributed by atoms with Crippen molar-refractivity contribution >= 4 is 29.4 Å². The molecule has 3 heterocycles. The smallest absolute Gasteiger partial charge is 0.261 e. The van der Waals surface area contributed by atoms with Crippen LogP contribution in [0.3, 0.4) is 0 Å². The van der Waals surface area contributed by atoms with Gasteiger partial charge in [0.2, 0.25) is 5.91 Å². The maximum Gasteiger partial charge on any atom is 0.261 e. The van der Waals surface area contributed by atoms with Crippen molar-refractivity contribution in [3.8, 4) is 0 Å². The van der Waals surface area contributed by atoms with E-state index >= 15 is 0 Å². The number of para-hydroxylation sites is 1. The largest absolute Gasteiger partial charge is 0.351 e. The van der Waals surface area contributed by atoms with E-state index in [9.17, 15) is 9.59 Å². The lowest BCUT2D eigenvalue weighted by Crippen LogP contribution is -2.31. The number of anilines is 2. The highest BCUT2D eigenvalue weighted by atomic mass is 16.2.